The van der Waals surface area contributed by atoms with Gasteiger partial charge in [-0.2, -0.15) is 0 Å². The summed E-state index contributed by atoms with van der Waals surface area (Å²) in [6.07, 6.45) is 0.951. The first-order chi connectivity index (χ1) is 11.0. The fourth-order valence-corrected chi connectivity index (χ4v) is 3.47. The summed E-state index contributed by atoms with van der Waals surface area (Å²) in [6.45, 7) is 4.27. The third-order valence-corrected chi connectivity index (χ3v) is 4.67. The van der Waals surface area contributed by atoms with Gasteiger partial charge in [0.25, 0.3) is 0 Å². The van der Waals surface area contributed by atoms with Crippen LogP contribution < -0.4 is 0 Å². The minimum atomic E-state index is -0.181. The van der Waals surface area contributed by atoms with E-state index < -0.39 is 0 Å². The summed E-state index contributed by atoms with van der Waals surface area (Å²) in [6, 6.07) is 10.6. The summed E-state index contributed by atoms with van der Waals surface area (Å²) in [5.41, 5.74) is 1.27. The molecule has 1 aromatic rings. The molecule has 1 fully saturated rings. The fraction of sp³-hybridized carbons (Fsp3) is 0.556. The number of amides is 2. The largest absolute Gasteiger partial charge is 0.375 e. The molecular weight excluding hydrogens is 292 g/mol. The van der Waals surface area contributed by atoms with Crippen LogP contribution in [0.3, 0.4) is 0 Å². The average molecular weight is 318 g/mol. The molecule has 0 radical (unpaired) electrons. The number of carbonyl (C=O) groups is 2. The van der Waals surface area contributed by atoms with Gasteiger partial charge in [-0.15, -0.1) is 0 Å². The van der Waals surface area contributed by atoms with Crippen molar-refractivity contribution in [3.8, 4) is 0 Å². The van der Waals surface area contributed by atoms with Gasteiger partial charge < -0.3 is 14.5 Å². The predicted octanol–water partition coefficient (Wildman–Crippen LogP) is 1.88. The molecule has 126 valence electrons. The van der Waals surface area contributed by atoms with Gasteiger partial charge in [-0.25, -0.2) is 0 Å². The average Bonchev–Trinajstić information content (AvgIpc) is 2.83. The number of nitrogens with zero attached hydrogens (tertiary/aromatic N) is 2. The molecule has 1 aromatic carbocycles. The van der Waals surface area contributed by atoms with Crippen molar-refractivity contribution in [2.24, 2.45) is 0 Å². The van der Waals surface area contributed by atoms with Crippen LogP contribution in [-0.4, -0.2) is 61.0 Å². The van der Waals surface area contributed by atoms with Gasteiger partial charge in [-0.05, 0) is 25.8 Å². The predicted molar refractivity (Wildman–Crippen MR) is 89.1 cm³/mol. The molecule has 0 bridgehead atoms. The first-order valence-corrected chi connectivity index (χ1v) is 8.04. The number of methoxy groups -OCH3 is 1. The Kier molecular flexibility index (Phi) is 5.77. The molecular formula is C18H26N2O3. The second kappa shape index (κ2) is 7.59. The lowest BCUT2D eigenvalue weighted by atomic mass is 9.92. The summed E-state index contributed by atoms with van der Waals surface area (Å²) >= 11 is 0. The molecule has 0 saturated carbocycles. The van der Waals surface area contributed by atoms with Crippen molar-refractivity contribution in [2.45, 2.75) is 38.3 Å². The molecule has 1 aliphatic heterocycles. The Balaban J connectivity index is 2.05. The van der Waals surface area contributed by atoms with Crippen LogP contribution in [0.4, 0.5) is 0 Å². The van der Waals surface area contributed by atoms with E-state index in [2.05, 4.69) is 26.0 Å². The first-order valence-electron chi connectivity index (χ1n) is 8.04. The summed E-state index contributed by atoms with van der Waals surface area (Å²) in [7, 11) is 3.11. The topological polar surface area (TPSA) is 49.9 Å². The Morgan fingerprint density at radius 3 is 2.52 bits per heavy atom. The van der Waals surface area contributed by atoms with Gasteiger partial charge in [-0.1, -0.05) is 30.3 Å². The Morgan fingerprint density at radius 1 is 1.26 bits per heavy atom. The van der Waals surface area contributed by atoms with E-state index >= 15 is 0 Å². The zero-order valence-electron chi connectivity index (χ0n) is 14.4. The van der Waals surface area contributed by atoms with Crippen LogP contribution in [0, 0.1) is 0 Å². The van der Waals surface area contributed by atoms with Gasteiger partial charge >= 0.3 is 0 Å². The van der Waals surface area contributed by atoms with Gasteiger partial charge in [0.05, 0.1) is 6.54 Å². The van der Waals surface area contributed by atoms with Crippen molar-refractivity contribution < 1.29 is 14.3 Å². The van der Waals surface area contributed by atoms with E-state index in [0.717, 1.165) is 6.42 Å². The molecule has 2 rings (SSSR count). The number of rotatable bonds is 5. The molecule has 1 saturated heterocycles. The van der Waals surface area contributed by atoms with Crippen LogP contribution in [0.5, 0.6) is 0 Å². The molecule has 5 nitrogen and oxygen atoms in total. The molecule has 0 N–H and O–H groups in total. The molecule has 1 heterocycles. The van der Waals surface area contributed by atoms with Crippen molar-refractivity contribution in [2.75, 3.05) is 27.3 Å². The van der Waals surface area contributed by atoms with Gasteiger partial charge in [-0.3, -0.25) is 9.59 Å². The Labute approximate surface area is 138 Å². The second-order valence-electron chi connectivity index (χ2n) is 6.33. The Morgan fingerprint density at radius 2 is 1.91 bits per heavy atom. The molecule has 0 aromatic heterocycles. The highest BCUT2D eigenvalue weighted by Gasteiger charge is 2.39. The number of benzene rings is 1. The molecule has 0 unspecified atom stereocenters. The molecule has 2 amide bonds. The van der Waals surface area contributed by atoms with E-state index in [-0.39, 0.29) is 37.0 Å². The minimum Gasteiger partial charge on any atom is -0.375 e. The normalized spacial score (nSPS) is 23.8. The second-order valence-corrected chi connectivity index (χ2v) is 6.33. The van der Waals surface area contributed by atoms with E-state index in [0.29, 0.717) is 5.92 Å². The quantitative estimate of drug-likeness (QED) is 0.833. The lowest BCUT2D eigenvalue weighted by Gasteiger charge is -2.30. The molecule has 0 spiro atoms. The number of hydrogen-bond donors (Lipinski definition) is 0. The summed E-state index contributed by atoms with van der Waals surface area (Å²) in [4.78, 5) is 27.8. The molecule has 23 heavy (non-hydrogen) atoms. The van der Waals surface area contributed by atoms with Crippen LogP contribution in [0.15, 0.2) is 30.3 Å². The number of ether oxygens (including phenoxy) is 1. The van der Waals surface area contributed by atoms with E-state index in [4.69, 9.17) is 4.74 Å². The third-order valence-electron chi connectivity index (χ3n) is 4.67. The smallest absolute Gasteiger partial charge is 0.248 e. The van der Waals surface area contributed by atoms with Crippen molar-refractivity contribution in [1.29, 1.82) is 0 Å². The zero-order valence-corrected chi connectivity index (χ0v) is 14.4. The van der Waals surface area contributed by atoms with Crippen LogP contribution in [-0.2, 0) is 14.3 Å². The molecule has 5 heteroatoms. The fourth-order valence-electron chi connectivity index (χ4n) is 3.47. The van der Waals surface area contributed by atoms with E-state index in [1.165, 1.54) is 17.6 Å². The SMILES string of the molecule is COCC(=O)N(C)CC(=O)N1[C@H](C)C[C@H](c2ccccc2)[C@@H]1C. The summed E-state index contributed by atoms with van der Waals surface area (Å²) in [5, 5.41) is 0. The van der Waals surface area contributed by atoms with Crippen molar-refractivity contribution in [3.63, 3.8) is 0 Å². The van der Waals surface area contributed by atoms with E-state index in [9.17, 15) is 9.59 Å². The molecule has 1 aliphatic rings. The minimum absolute atomic E-state index is 0.00152. The highest BCUT2D eigenvalue weighted by Crippen LogP contribution is 2.37. The first kappa shape index (κ1) is 17.5. The maximum absolute atomic E-state index is 12.7. The third kappa shape index (κ3) is 3.91. The molecule has 3 atom stereocenters. The van der Waals surface area contributed by atoms with Gasteiger partial charge in [0.15, 0.2) is 0 Å². The van der Waals surface area contributed by atoms with Crippen LogP contribution in [0.25, 0.3) is 0 Å². The number of hydrogen-bond acceptors (Lipinski definition) is 3. The number of likely N-dealkylation sites (N-methyl/N-ethyl adjacent to an activating group) is 1. The van der Waals surface area contributed by atoms with Crippen LogP contribution in [0.2, 0.25) is 0 Å². The molecule has 0 aliphatic carbocycles. The Bertz CT molecular complexity index is 546. The van der Waals surface area contributed by atoms with Crippen molar-refractivity contribution >= 4 is 11.8 Å². The highest BCUT2D eigenvalue weighted by molar-refractivity contribution is 5.85. The van der Waals surface area contributed by atoms with E-state index in [1.54, 1.807) is 7.05 Å². The maximum atomic E-state index is 12.7. The zero-order chi connectivity index (χ0) is 17.0. The lowest BCUT2D eigenvalue weighted by molar-refractivity contribution is -0.142. The Hall–Kier alpha value is -1.88. The van der Waals surface area contributed by atoms with Crippen LogP contribution >= 0.6 is 0 Å². The lowest BCUT2D eigenvalue weighted by Crippen LogP contribution is -2.46. The van der Waals surface area contributed by atoms with Crippen molar-refractivity contribution in [1.82, 2.24) is 9.80 Å². The van der Waals surface area contributed by atoms with E-state index in [1.807, 2.05) is 23.1 Å². The van der Waals surface area contributed by atoms with Crippen LogP contribution in [0.1, 0.15) is 31.7 Å². The maximum Gasteiger partial charge on any atom is 0.248 e. The summed E-state index contributed by atoms with van der Waals surface area (Å²) in [5.74, 6) is 0.158. The van der Waals surface area contributed by atoms with Gasteiger partial charge in [0.1, 0.15) is 6.61 Å². The van der Waals surface area contributed by atoms with Gasteiger partial charge in [0, 0.05) is 32.2 Å². The highest BCUT2D eigenvalue weighted by atomic mass is 16.5. The van der Waals surface area contributed by atoms with Gasteiger partial charge in [0.2, 0.25) is 11.8 Å². The standard InChI is InChI=1S/C18H26N2O3/c1-13-10-16(15-8-6-5-7-9-15)14(2)20(13)17(21)11-19(3)18(22)12-23-4/h5-9,13-14,16H,10-12H2,1-4H3/t13-,14+,16+/m1/s1. The summed E-state index contributed by atoms with van der Waals surface area (Å²) < 4.78 is 4.83. The monoisotopic (exact) mass is 318 g/mol. The number of likely N-dealkylation sites (tertiary alicyclic amines) is 1. The number of carbonyl (C=O) groups excluding carboxylic acids is 2. The van der Waals surface area contributed by atoms with Crippen molar-refractivity contribution in [3.05, 3.63) is 35.9 Å².